The molecular formula is C14H23ClN2O2S. The lowest BCUT2D eigenvalue weighted by Crippen LogP contribution is -2.49. The molecule has 1 fully saturated rings. The molecule has 2 rings (SSSR count). The third-order valence-electron chi connectivity index (χ3n) is 3.88. The molecule has 1 heterocycles. The maximum atomic E-state index is 12.8. The monoisotopic (exact) mass is 318 g/mol. The largest absolute Gasteiger partial charge is 0.329 e. The van der Waals surface area contributed by atoms with E-state index in [1.807, 2.05) is 19.1 Å². The average molecular weight is 319 g/mol. The van der Waals surface area contributed by atoms with Crippen molar-refractivity contribution in [2.75, 3.05) is 13.1 Å². The number of benzene rings is 1. The van der Waals surface area contributed by atoms with E-state index in [0.29, 0.717) is 23.9 Å². The highest BCUT2D eigenvalue weighted by atomic mass is 35.5. The zero-order chi connectivity index (χ0) is 14.0. The van der Waals surface area contributed by atoms with Gasteiger partial charge >= 0.3 is 0 Å². The maximum Gasteiger partial charge on any atom is 0.243 e. The number of hydrogen-bond donors (Lipinski definition) is 1. The smallest absolute Gasteiger partial charge is 0.243 e. The lowest BCUT2D eigenvalue weighted by molar-refractivity contribution is 0.211. The fourth-order valence-electron chi connectivity index (χ4n) is 2.73. The van der Waals surface area contributed by atoms with E-state index in [9.17, 15) is 8.42 Å². The SMILES string of the molecule is Cc1ccccc1S(=O)(=O)N1CCC(C)CC1CN.Cl. The van der Waals surface area contributed by atoms with Gasteiger partial charge in [-0.3, -0.25) is 0 Å². The Morgan fingerprint density at radius 2 is 2.00 bits per heavy atom. The van der Waals surface area contributed by atoms with Gasteiger partial charge in [0.25, 0.3) is 0 Å². The third kappa shape index (κ3) is 3.34. The van der Waals surface area contributed by atoms with E-state index in [0.717, 1.165) is 18.4 Å². The van der Waals surface area contributed by atoms with Gasteiger partial charge in [0.05, 0.1) is 4.90 Å². The first-order valence-electron chi connectivity index (χ1n) is 6.74. The Bertz CT molecular complexity index is 548. The molecule has 0 aromatic heterocycles. The van der Waals surface area contributed by atoms with Crippen molar-refractivity contribution in [1.29, 1.82) is 0 Å². The van der Waals surface area contributed by atoms with Crippen LogP contribution in [0.5, 0.6) is 0 Å². The predicted octanol–water partition coefficient (Wildman–Crippen LogP) is 2.16. The molecule has 0 bridgehead atoms. The molecule has 1 aliphatic heterocycles. The van der Waals surface area contributed by atoms with Crippen molar-refractivity contribution in [1.82, 2.24) is 4.31 Å². The van der Waals surface area contributed by atoms with Gasteiger partial charge in [0.1, 0.15) is 0 Å². The second-order valence-corrected chi connectivity index (χ2v) is 7.26. The molecule has 0 amide bonds. The Labute approximate surface area is 127 Å². The molecule has 114 valence electrons. The molecule has 1 aromatic rings. The molecule has 6 heteroatoms. The summed E-state index contributed by atoms with van der Waals surface area (Å²) in [6.45, 7) is 4.94. The van der Waals surface area contributed by atoms with Crippen LogP contribution in [0.2, 0.25) is 0 Å². The van der Waals surface area contributed by atoms with Crippen molar-refractivity contribution < 1.29 is 8.42 Å². The van der Waals surface area contributed by atoms with E-state index >= 15 is 0 Å². The van der Waals surface area contributed by atoms with Crippen molar-refractivity contribution in [3.05, 3.63) is 29.8 Å². The van der Waals surface area contributed by atoms with Crippen LogP contribution in [-0.4, -0.2) is 31.9 Å². The van der Waals surface area contributed by atoms with Crippen molar-refractivity contribution in [3.8, 4) is 0 Å². The Morgan fingerprint density at radius 1 is 1.35 bits per heavy atom. The maximum absolute atomic E-state index is 12.8. The number of nitrogens with zero attached hydrogens (tertiary/aromatic N) is 1. The summed E-state index contributed by atoms with van der Waals surface area (Å²) >= 11 is 0. The molecule has 0 saturated carbocycles. The first-order chi connectivity index (χ1) is 8.96. The minimum Gasteiger partial charge on any atom is -0.329 e. The average Bonchev–Trinajstić information content (AvgIpc) is 2.38. The van der Waals surface area contributed by atoms with Crippen LogP contribution in [0, 0.1) is 12.8 Å². The quantitative estimate of drug-likeness (QED) is 0.929. The normalized spacial score (nSPS) is 24.1. The highest BCUT2D eigenvalue weighted by Crippen LogP contribution is 2.29. The van der Waals surface area contributed by atoms with E-state index in [1.165, 1.54) is 0 Å². The fourth-order valence-corrected chi connectivity index (χ4v) is 4.62. The number of rotatable bonds is 3. The van der Waals surface area contributed by atoms with Crippen LogP contribution in [0.3, 0.4) is 0 Å². The van der Waals surface area contributed by atoms with Gasteiger partial charge in [-0.05, 0) is 37.3 Å². The highest BCUT2D eigenvalue weighted by molar-refractivity contribution is 7.89. The van der Waals surface area contributed by atoms with E-state index in [2.05, 4.69) is 6.92 Å². The standard InChI is InChI=1S/C14H22N2O2S.ClH/c1-11-7-8-16(13(9-11)10-15)19(17,18)14-6-4-3-5-12(14)2;/h3-6,11,13H,7-10,15H2,1-2H3;1H. The van der Waals surface area contributed by atoms with Crippen molar-refractivity contribution in [2.45, 2.75) is 37.6 Å². The molecule has 1 aromatic carbocycles. The Kier molecular flexibility index (Phi) is 6.01. The minimum absolute atomic E-state index is 0. The summed E-state index contributed by atoms with van der Waals surface area (Å²) in [5.41, 5.74) is 6.55. The van der Waals surface area contributed by atoms with Gasteiger partial charge in [-0.2, -0.15) is 4.31 Å². The summed E-state index contributed by atoms with van der Waals surface area (Å²) in [7, 11) is -3.42. The van der Waals surface area contributed by atoms with Gasteiger partial charge in [0.2, 0.25) is 10.0 Å². The van der Waals surface area contributed by atoms with Gasteiger partial charge in [-0.25, -0.2) is 8.42 Å². The number of halogens is 1. The van der Waals surface area contributed by atoms with E-state index in [4.69, 9.17) is 5.73 Å². The number of hydrogen-bond acceptors (Lipinski definition) is 3. The van der Waals surface area contributed by atoms with Gasteiger partial charge in [-0.15, -0.1) is 12.4 Å². The van der Waals surface area contributed by atoms with Crippen LogP contribution in [0.25, 0.3) is 0 Å². The summed E-state index contributed by atoms with van der Waals surface area (Å²) < 4.78 is 27.1. The lowest BCUT2D eigenvalue weighted by Gasteiger charge is -2.37. The first-order valence-corrected chi connectivity index (χ1v) is 8.18. The summed E-state index contributed by atoms with van der Waals surface area (Å²) in [6, 6.07) is 7.05. The highest BCUT2D eigenvalue weighted by Gasteiger charge is 2.35. The third-order valence-corrected chi connectivity index (χ3v) is 5.99. The van der Waals surface area contributed by atoms with Crippen LogP contribution in [-0.2, 0) is 10.0 Å². The predicted molar refractivity (Wildman–Crippen MR) is 83.6 cm³/mol. The van der Waals surface area contributed by atoms with Crippen LogP contribution in [0.15, 0.2) is 29.2 Å². The van der Waals surface area contributed by atoms with Gasteiger partial charge in [-0.1, -0.05) is 25.1 Å². The second-order valence-electron chi connectivity index (χ2n) is 5.40. The van der Waals surface area contributed by atoms with E-state index in [-0.39, 0.29) is 18.4 Å². The molecule has 2 N–H and O–H groups in total. The van der Waals surface area contributed by atoms with Crippen LogP contribution in [0.4, 0.5) is 0 Å². The summed E-state index contributed by atoms with van der Waals surface area (Å²) in [6.07, 6.45) is 1.75. The lowest BCUT2D eigenvalue weighted by atomic mass is 9.94. The molecule has 4 nitrogen and oxygen atoms in total. The van der Waals surface area contributed by atoms with E-state index < -0.39 is 10.0 Å². The number of aryl methyl sites for hydroxylation is 1. The molecule has 2 unspecified atom stereocenters. The fraction of sp³-hybridized carbons (Fsp3) is 0.571. The summed E-state index contributed by atoms with van der Waals surface area (Å²) in [4.78, 5) is 0.406. The molecule has 1 saturated heterocycles. The van der Waals surface area contributed by atoms with E-state index in [1.54, 1.807) is 16.4 Å². The molecule has 20 heavy (non-hydrogen) atoms. The van der Waals surface area contributed by atoms with Crippen LogP contribution in [0.1, 0.15) is 25.3 Å². The van der Waals surface area contributed by atoms with Crippen molar-refractivity contribution in [2.24, 2.45) is 11.7 Å². The van der Waals surface area contributed by atoms with Crippen LogP contribution < -0.4 is 5.73 Å². The second kappa shape index (κ2) is 6.89. The van der Waals surface area contributed by atoms with Gasteiger partial charge in [0, 0.05) is 19.1 Å². The first kappa shape index (κ1) is 17.4. The molecule has 0 aliphatic carbocycles. The Hall–Kier alpha value is -0.620. The number of nitrogens with two attached hydrogens (primary N) is 1. The van der Waals surface area contributed by atoms with Crippen molar-refractivity contribution >= 4 is 22.4 Å². The van der Waals surface area contributed by atoms with Gasteiger partial charge < -0.3 is 5.73 Å². The van der Waals surface area contributed by atoms with Crippen LogP contribution >= 0.6 is 12.4 Å². The number of sulfonamides is 1. The minimum atomic E-state index is -3.42. The summed E-state index contributed by atoms with van der Waals surface area (Å²) in [5, 5.41) is 0. The molecule has 2 atom stereocenters. The van der Waals surface area contributed by atoms with Crippen molar-refractivity contribution in [3.63, 3.8) is 0 Å². The number of piperidine rings is 1. The Morgan fingerprint density at radius 3 is 2.60 bits per heavy atom. The topological polar surface area (TPSA) is 63.4 Å². The zero-order valence-electron chi connectivity index (χ0n) is 12.0. The van der Waals surface area contributed by atoms with Gasteiger partial charge in [0.15, 0.2) is 0 Å². The molecular weight excluding hydrogens is 296 g/mol. The summed E-state index contributed by atoms with van der Waals surface area (Å²) in [5.74, 6) is 0.539. The molecule has 1 aliphatic rings. The Balaban J connectivity index is 0.00000200. The molecule has 0 spiro atoms. The molecule has 0 radical (unpaired) electrons. The zero-order valence-corrected chi connectivity index (χ0v) is 13.6.